The second kappa shape index (κ2) is 9.37. The molecule has 1 aliphatic heterocycles. The van der Waals surface area contributed by atoms with Crippen LogP contribution >= 0.6 is 0 Å². The molecule has 0 radical (unpaired) electrons. The fourth-order valence-electron chi connectivity index (χ4n) is 5.01. The Labute approximate surface area is 206 Å². The molecule has 0 saturated carbocycles. The summed E-state index contributed by atoms with van der Waals surface area (Å²) >= 11 is 0. The standard InChI is InChI=1S/C27H24F3NO5/c1-33-24(32)12-15-14-35-23-13-16(6-7-17(15)23)36-22-9-8-18-19(22)4-3-5-20(18)25-21(27(28,29)30)10-11-31-26(25)34-2/h3-7,10-11,13,15,22H,8-9,12,14H2,1-2H3/t15-,22-/m1/s1. The van der Waals surface area contributed by atoms with Crippen molar-refractivity contribution in [1.29, 1.82) is 0 Å². The zero-order chi connectivity index (χ0) is 25.4. The zero-order valence-electron chi connectivity index (χ0n) is 19.7. The topological polar surface area (TPSA) is 66.9 Å². The first-order chi connectivity index (χ1) is 17.3. The smallest absolute Gasteiger partial charge is 0.417 e. The van der Waals surface area contributed by atoms with Crippen molar-refractivity contribution < 1.29 is 36.9 Å². The van der Waals surface area contributed by atoms with E-state index in [1.807, 2.05) is 18.2 Å². The molecule has 0 N–H and O–H groups in total. The Hall–Kier alpha value is -3.75. The minimum absolute atomic E-state index is 0.0624. The molecule has 2 aliphatic rings. The molecule has 0 fully saturated rings. The molecule has 0 amide bonds. The fourth-order valence-corrected chi connectivity index (χ4v) is 5.01. The number of rotatable bonds is 6. The molecule has 0 saturated heterocycles. The summed E-state index contributed by atoms with van der Waals surface area (Å²) in [6.07, 6.45) is -2.39. The number of benzene rings is 2. The first-order valence-corrected chi connectivity index (χ1v) is 11.5. The lowest BCUT2D eigenvalue weighted by molar-refractivity contribution is -0.141. The summed E-state index contributed by atoms with van der Waals surface area (Å²) in [5.41, 5.74) is 2.13. The van der Waals surface area contributed by atoms with Gasteiger partial charge in [0.2, 0.25) is 5.88 Å². The number of methoxy groups -OCH3 is 2. The molecule has 0 unspecified atom stereocenters. The highest BCUT2D eigenvalue weighted by molar-refractivity contribution is 5.77. The van der Waals surface area contributed by atoms with Crippen molar-refractivity contribution in [2.75, 3.05) is 20.8 Å². The van der Waals surface area contributed by atoms with E-state index in [9.17, 15) is 18.0 Å². The molecule has 9 heteroatoms. The predicted molar refractivity (Wildman–Crippen MR) is 124 cm³/mol. The van der Waals surface area contributed by atoms with E-state index >= 15 is 0 Å². The predicted octanol–water partition coefficient (Wildman–Crippen LogP) is 5.88. The van der Waals surface area contributed by atoms with Gasteiger partial charge in [0.15, 0.2) is 0 Å². The Balaban J connectivity index is 1.44. The summed E-state index contributed by atoms with van der Waals surface area (Å²) in [6, 6.07) is 11.7. The highest BCUT2D eigenvalue weighted by Crippen LogP contribution is 2.47. The number of aromatic nitrogens is 1. The molecular weight excluding hydrogens is 475 g/mol. The van der Waals surface area contributed by atoms with Gasteiger partial charge in [-0.25, -0.2) is 4.98 Å². The minimum atomic E-state index is -4.56. The van der Waals surface area contributed by atoms with Crippen LogP contribution in [0.25, 0.3) is 11.1 Å². The molecule has 1 aromatic heterocycles. The monoisotopic (exact) mass is 499 g/mol. The molecule has 36 heavy (non-hydrogen) atoms. The van der Waals surface area contributed by atoms with Gasteiger partial charge in [0, 0.05) is 23.7 Å². The van der Waals surface area contributed by atoms with E-state index < -0.39 is 11.7 Å². The number of esters is 1. The lowest BCUT2D eigenvalue weighted by atomic mass is 9.94. The maximum absolute atomic E-state index is 13.8. The van der Waals surface area contributed by atoms with Crippen molar-refractivity contribution >= 4 is 5.97 Å². The number of hydrogen-bond donors (Lipinski definition) is 0. The summed E-state index contributed by atoms with van der Waals surface area (Å²) in [4.78, 5) is 15.7. The Morgan fingerprint density at radius 1 is 1.14 bits per heavy atom. The van der Waals surface area contributed by atoms with Crippen LogP contribution in [-0.4, -0.2) is 31.8 Å². The quantitative estimate of drug-likeness (QED) is 0.395. The molecule has 2 heterocycles. The van der Waals surface area contributed by atoms with Crippen LogP contribution in [0.5, 0.6) is 17.4 Å². The molecule has 6 nitrogen and oxygen atoms in total. The Morgan fingerprint density at radius 2 is 1.97 bits per heavy atom. The van der Waals surface area contributed by atoms with Crippen molar-refractivity contribution in [1.82, 2.24) is 4.98 Å². The van der Waals surface area contributed by atoms with E-state index in [-0.39, 0.29) is 35.9 Å². The van der Waals surface area contributed by atoms with E-state index in [4.69, 9.17) is 18.9 Å². The summed E-state index contributed by atoms with van der Waals surface area (Å²) in [5, 5.41) is 0. The summed E-state index contributed by atoms with van der Waals surface area (Å²) in [5.74, 6) is 0.802. The van der Waals surface area contributed by atoms with Crippen molar-refractivity contribution in [2.45, 2.75) is 37.5 Å². The first-order valence-electron chi connectivity index (χ1n) is 11.5. The third-order valence-corrected chi connectivity index (χ3v) is 6.68. The Bertz CT molecular complexity index is 1310. The Morgan fingerprint density at radius 3 is 2.72 bits per heavy atom. The zero-order valence-corrected chi connectivity index (χ0v) is 19.7. The average Bonchev–Trinajstić information content (AvgIpc) is 3.46. The number of alkyl halides is 3. The van der Waals surface area contributed by atoms with Crippen LogP contribution in [0, 0.1) is 0 Å². The highest BCUT2D eigenvalue weighted by atomic mass is 19.4. The maximum atomic E-state index is 13.8. The van der Waals surface area contributed by atoms with Crippen LogP contribution in [0.3, 0.4) is 0 Å². The van der Waals surface area contributed by atoms with E-state index in [0.717, 1.165) is 29.0 Å². The summed E-state index contributed by atoms with van der Waals surface area (Å²) in [7, 11) is 2.67. The molecule has 0 bridgehead atoms. The number of carbonyl (C=O) groups excluding carboxylic acids is 1. The van der Waals surface area contributed by atoms with Crippen LogP contribution in [0.4, 0.5) is 13.2 Å². The lowest BCUT2D eigenvalue weighted by Gasteiger charge is -2.19. The second-order valence-electron chi connectivity index (χ2n) is 8.75. The van der Waals surface area contributed by atoms with E-state index in [1.165, 1.54) is 14.2 Å². The molecule has 2 aromatic carbocycles. The van der Waals surface area contributed by atoms with Crippen LogP contribution in [0.15, 0.2) is 48.7 Å². The third-order valence-electron chi connectivity index (χ3n) is 6.68. The lowest BCUT2D eigenvalue weighted by Crippen LogP contribution is -2.10. The van der Waals surface area contributed by atoms with E-state index in [0.29, 0.717) is 36.5 Å². The number of ether oxygens (including phenoxy) is 4. The van der Waals surface area contributed by atoms with Gasteiger partial charge in [-0.3, -0.25) is 4.79 Å². The van der Waals surface area contributed by atoms with Crippen LogP contribution in [0.1, 0.15) is 47.1 Å². The minimum Gasteiger partial charge on any atom is -0.492 e. The van der Waals surface area contributed by atoms with Crippen LogP contribution in [0.2, 0.25) is 0 Å². The normalized spacial score (nSPS) is 18.2. The van der Waals surface area contributed by atoms with Crippen molar-refractivity contribution in [2.24, 2.45) is 0 Å². The van der Waals surface area contributed by atoms with Crippen molar-refractivity contribution in [3.63, 3.8) is 0 Å². The molecule has 5 rings (SSSR count). The third kappa shape index (κ3) is 4.34. The van der Waals surface area contributed by atoms with Gasteiger partial charge in [-0.05, 0) is 41.7 Å². The molecular formula is C27H24F3NO5. The van der Waals surface area contributed by atoms with Gasteiger partial charge in [0.05, 0.1) is 38.4 Å². The SMILES string of the molecule is COC(=O)C[C@@H]1COc2cc(O[C@@H]3CCc4c(-c5c(C(F)(F)F)ccnc5OC)cccc43)ccc21. The van der Waals surface area contributed by atoms with Gasteiger partial charge < -0.3 is 18.9 Å². The molecule has 188 valence electrons. The largest absolute Gasteiger partial charge is 0.492 e. The van der Waals surface area contributed by atoms with Gasteiger partial charge in [-0.2, -0.15) is 13.2 Å². The van der Waals surface area contributed by atoms with Gasteiger partial charge in [0.25, 0.3) is 0 Å². The van der Waals surface area contributed by atoms with Gasteiger partial charge in [0.1, 0.15) is 17.6 Å². The van der Waals surface area contributed by atoms with E-state index in [2.05, 4.69) is 4.98 Å². The van der Waals surface area contributed by atoms with Gasteiger partial charge in [-0.15, -0.1) is 0 Å². The van der Waals surface area contributed by atoms with Crippen molar-refractivity contribution in [3.8, 4) is 28.5 Å². The van der Waals surface area contributed by atoms with E-state index in [1.54, 1.807) is 18.2 Å². The number of halogens is 3. The molecule has 1 aliphatic carbocycles. The van der Waals surface area contributed by atoms with Gasteiger partial charge >= 0.3 is 12.1 Å². The highest BCUT2D eigenvalue weighted by Gasteiger charge is 2.37. The fraction of sp³-hybridized carbons (Fsp3) is 0.333. The summed E-state index contributed by atoms with van der Waals surface area (Å²) < 4.78 is 63.6. The maximum Gasteiger partial charge on any atom is 0.417 e. The molecule has 0 spiro atoms. The Kier molecular flexibility index (Phi) is 6.24. The number of pyridine rings is 1. The number of nitrogens with zero attached hydrogens (tertiary/aromatic N) is 1. The number of carbonyl (C=O) groups is 1. The summed E-state index contributed by atoms with van der Waals surface area (Å²) in [6.45, 7) is 0.387. The number of fused-ring (bicyclic) bond motifs is 2. The first kappa shape index (κ1) is 24.0. The second-order valence-corrected chi connectivity index (χ2v) is 8.75. The van der Waals surface area contributed by atoms with Crippen LogP contribution < -0.4 is 14.2 Å². The van der Waals surface area contributed by atoms with Crippen molar-refractivity contribution in [3.05, 3.63) is 70.9 Å². The van der Waals surface area contributed by atoms with Crippen LogP contribution in [-0.2, 0) is 22.1 Å². The molecule has 2 atom stereocenters. The molecule has 3 aromatic rings. The number of hydrogen-bond acceptors (Lipinski definition) is 6. The van der Waals surface area contributed by atoms with Gasteiger partial charge in [-0.1, -0.05) is 24.3 Å². The average molecular weight is 499 g/mol.